The van der Waals surface area contributed by atoms with E-state index in [1.807, 2.05) is 50.2 Å². The van der Waals surface area contributed by atoms with Gasteiger partial charge in [0, 0.05) is 11.5 Å². The Morgan fingerprint density at radius 2 is 1.22 bits per heavy atom. The number of carbonyl (C=O) groups is 2. The summed E-state index contributed by atoms with van der Waals surface area (Å²) in [6, 6.07) is 22.6. The first kappa shape index (κ1) is 31.7. The number of unbranched alkanes of at least 4 members (excludes halogenated alkanes) is 9. The lowest BCUT2D eigenvalue weighted by Gasteiger charge is -2.08. The van der Waals surface area contributed by atoms with Crippen LogP contribution in [0.2, 0.25) is 0 Å². The third-order valence-electron chi connectivity index (χ3n) is 6.94. The van der Waals surface area contributed by atoms with Crippen LogP contribution in [0.25, 0.3) is 11.1 Å². The Balaban J connectivity index is 1.38. The number of hydrogen-bond acceptors (Lipinski definition) is 4. The molecule has 4 nitrogen and oxygen atoms in total. The van der Waals surface area contributed by atoms with Crippen molar-refractivity contribution in [1.29, 1.82) is 0 Å². The number of carbonyl (C=O) groups excluding carboxylic acids is 2. The predicted octanol–water partition coefficient (Wildman–Crippen LogP) is 9.34. The summed E-state index contributed by atoms with van der Waals surface area (Å²) in [5, 5.41) is 0. The molecule has 0 fully saturated rings. The fourth-order valence-electron chi connectivity index (χ4n) is 4.62. The molecule has 4 heteroatoms. The first-order chi connectivity index (χ1) is 19.9. The van der Waals surface area contributed by atoms with Crippen LogP contribution in [0.1, 0.15) is 106 Å². The Morgan fingerprint density at radius 1 is 0.683 bits per heavy atom. The fraction of sp³-hybridized carbons (Fsp3) is 0.405. The standard InChI is InChI=1S/C37H44O4/c1-4-5-6-7-8-9-10-11-12-13-14-30-15-17-31(18-16-30)19-28-36(38)41-35-26-24-33(25-27-35)32-20-22-34(23-21-32)37(39)40-29(2)3/h15-18,20-27,29H,4-14H2,1-3H3. The molecule has 216 valence electrons. The lowest BCUT2D eigenvalue weighted by molar-refractivity contribution is -0.128. The van der Waals surface area contributed by atoms with Crippen molar-refractivity contribution >= 4 is 11.9 Å². The van der Waals surface area contributed by atoms with Crippen molar-refractivity contribution in [1.82, 2.24) is 0 Å². The molecule has 0 bridgehead atoms. The van der Waals surface area contributed by atoms with Crippen LogP contribution in [0.3, 0.4) is 0 Å². The first-order valence-electron chi connectivity index (χ1n) is 15.2. The summed E-state index contributed by atoms with van der Waals surface area (Å²) in [5.41, 5.74) is 4.50. The molecular formula is C37H44O4. The molecule has 0 saturated carbocycles. The lowest BCUT2D eigenvalue weighted by atomic mass is 10.0. The molecule has 0 aromatic heterocycles. The molecule has 0 radical (unpaired) electrons. The van der Waals surface area contributed by atoms with Gasteiger partial charge in [-0.1, -0.05) is 107 Å². The van der Waals surface area contributed by atoms with Crippen molar-refractivity contribution in [2.75, 3.05) is 0 Å². The molecule has 0 aliphatic rings. The van der Waals surface area contributed by atoms with Gasteiger partial charge >= 0.3 is 11.9 Å². The van der Waals surface area contributed by atoms with Crippen LogP contribution in [-0.2, 0) is 16.0 Å². The first-order valence-corrected chi connectivity index (χ1v) is 15.2. The highest BCUT2D eigenvalue weighted by atomic mass is 16.5. The molecule has 41 heavy (non-hydrogen) atoms. The lowest BCUT2D eigenvalue weighted by Crippen LogP contribution is -2.11. The molecular weight excluding hydrogens is 508 g/mol. The molecule has 0 atom stereocenters. The minimum atomic E-state index is -0.597. The number of ether oxygens (including phenoxy) is 2. The van der Waals surface area contributed by atoms with Crippen molar-refractivity contribution in [3.05, 3.63) is 89.5 Å². The number of aryl methyl sites for hydroxylation is 1. The maximum atomic E-state index is 12.3. The molecule has 0 aliphatic heterocycles. The highest BCUT2D eigenvalue weighted by Crippen LogP contribution is 2.23. The van der Waals surface area contributed by atoms with Gasteiger partial charge in [-0.25, -0.2) is 9.59 Å². The van der Waals surface area contributed by atoms with Gasteiger partial charge in [-0.3, -0.25) is 0 Å². The van der Waals surface area contributed by atoms with Gasteiger partial charge in [0.05, 0.1) is 11.7 Å². The van der Waals surface area contributed by atoms with E-state index in [1.165, 1.54) is 69.8 Å². The highest BCUT2D eigenvalue weighted by Gasteiger charge is 2.09. The third-order valence-corrected chi connectivity index (χ3v) is 6.94. The number of hydrogen-bond donors (Lipinski definition) is 0. The molecule has 0 heterocycles. The van der Waals surface area contributed by atoms with Gasteiger partial charge in [0.2, 0.25) is 0 Å². The second-order valence-electron chi connectivity index (χ2n) is 10.8. The average Bonchev–Trinajstić information content (AvgIpc) is 2.98. The van der Waals surface area contributed by atoms with Gasteiger partial charge in [0.25, 0.3) is 0 Å². The van der Waals surface area contributed by atoms with Crippen molar-refractivity contribution < 1.29 is 19.1 Å². The Hall–Kier alpha value is -3.84. The summed E-state index contributed by atoms with van der Waals surface area (Å²) in [5.74, 6) is 4.97. The van der Waals surface area contributed by atoms with E-state index in [0.29, 0.717) is 11.3 Å². The zero-order valence-corrected chi connectivity index (χ0v) is 24.9. The van der Waals surface area contributed by atoms with Gasteiger partial charge in [0.1, 0.15) is 5.75 Å². The molecule has 3 aromatic rings. The number of rotatable bonds is 15. The number of esters is 2. The average molecular weight is 553 g/mol. The van der Waals surface area contributed by atoms with E-state index in [4.69, 9.17) is 9.47 Å². The van der Waals surface area contributed by atoms with E-state index in [-0.39, 0.29) is 12.1 Å². The van der Waals surface area contributed by atoms with Crippen LogP contribution in [0.15, 0.2) is 72.8 Å². The molecule has 0 N–H and O–H groups in total. The van der Waals surface area contributed by atoms with E-state index in [0.717, 1.165) is 23.1 Å². The van der Waals surface area contributed by atoms with E-state index in [9.17, 15) is 9.59 Å². The molecule has 3 rings (SSSR count). The SMILES string of the molecule is CCCCCCCCCCCCc1ccc(C#CC(=O)Oc2ccc(-c3ccc(C(=O)OC(C)C)cc3)cc2)cc1. The van der Waals surface area contributed by atoms with Crippen LogP contribution in [-0.4, -0.2) is 18.0 Å². The van der Waals surface area contributed by atoms with Crippen molar-refractivity contribution in [3.63, 3.8) is 0 Å². The van der Waals surface area contributed by atoms with E-state index in [2.05, 4.69) is 30.9 Å². The Morgan fingerprint density at radius 3 is 1.78 bits per heavy atom. The molecule has 3 aromatic carbocycles. The van der Waals surface area contributed by atoms with Gasteiger partial charge in [-0.15, -0.1) is 0 Å². The maximum Gasteiger partial charge on any atom is 0.390 e. The van der Waals surface area contributed by atoms with E-state index in [1.54, 1.807) is 24.3 Å². The normalized spacial score (nSPS) is 10.6. The summed E-state index contributed by atoms with van der Waals surface area (Å²) < 4.78 is 10.6. The summed E-state index contributed by atoms with van der Waals surface area (Å²) in [7, 11) is 0. The predicted molar refractivity (Wildman–Crippen MR) is 167 cm³/mol. The molecule has 0 aliphatic carbocycles. The van der Waals surface area contributed by atoms with Crippen molar-refractivity contribution in [3.8, 4) is 28.7 Å². The monoisotopic (exact) mass is 552 g/mol. The summed E-state index contributed by atoms with van der Waals surface area (Å²) >= 11 is 0. The van der Waals surface area contributed by atoms with Crippen molar-refractivity contribution in [2.24, 2.45) is 0 Å². The summed E-state index contributed by atoms with van der Waals surface area (Å²) in [6.07, 6.45) is 14.3. The molecule has 0 unspecified atom stereocenters. The van der Waals surface area contributed by atoms with Gasteiger partial charge in [0.15, 0.2) is 0 Å². The molecule has 0 saturated heterocycles. The van der Waals surface area contributed by atoms with Crippen LogP contribution < -0.4 is 4.74 Å². The van der Waals surface area contributed by atoms with Crippen LogP contribution >= 0.6 is 0 Å². The maximum absolute atomic E-state index is 12.3. The van der Waals surface area contributed by atoms with E-state index < -0.39 is 5.97 Å². The highest BCUT2D eigenvalue weighted by molar-refractivity contribution is 5.91. The van der Waals surface area contributed by atoms with Crippen LogP contribution in [0, 0.1) is 11.8 Å². The zero-order valence-electron chi connectivity index (χ0n) is 24.9. The Kier molecular flexibility index (Phi) is 13.7. The van der Waals surface area contributed by atoms with Crippen molar-refractivity contribution in [2.45, 2.75) is 97.5 Å². The second kappa shape index (κ2) is 17.8. The summed E-state index contributed by atoms with van der Waals surface area (Å²) in [4.78, 5) is 24.3. The van der Waals surface area contributed by atoms with Gasteiger partial charge in [-0.2, -0.15) is 0 Å². The van der Waals surface area contributed by atoms with Gasteiger partial charge in [-0.05, 0) is 79.8 Å². The third kappa shape index (κ3) is 12.1. The molecule has 0 spiro atoms. The number of benzene rings is 3. The molecule has 0 amide bonds. The Bertz CT molecular complexity index is 1260. The minimum absolute atomic E-state index is 0.160. The topological polar surface area (TPSA) is 52.6 Å². The van der Waals surface area contributed by atoms with Gasteiger partial charge < -0.3 is 9.47 Å². The Labute approximate surface area is 246 Å². The fourth-order valence-corrected chi connectivity index (χ4v) is 4.62. The van der Waals surface area contributed by atoms with E-state index >= 15 is 0 Å². The smallest absolute Gasteiger partial charge is 0.390 e. The summed E-state index contributed by atoms with van der Waals surface area (Å²) in [6.45, 7) is 5.91. The minimum Gasteiger partial charge on any atom is -0.459 e. The van der Waals surface area contributed by atoms with Crippen LogP contribution in [0.4, 0.5) is 0 Å². The van der Waals surface area contributed by atoms with Crippen LogP contribution in [0.5, 0.6) is 5.75 Å². The largest absolute Gasteiger partial charge is 0.459 e. The quantitative estimate of drug-likeness (QED) is 0.0816. The zero-order chi connectivity index (χ0) is 29.3. The second-order valence-corrected chi connectivity index (χ2v) is 10.8.